The summed E-state index contributed by atoms with van der Waals surface area (Å²) < 4.78 is 27.8. The van der Waals surface area contributed by atoms with Gasteiger partial charge >= 0.3 is 14.0 Å². The molecule has 0 aromatic heterocycles. The van der Waals surface area contributed by atoms with Gasteiger partial charge in [0, 0.05) is 0 Å². The second-order valence-corrected chi connectivity index (χ2v) is 19.6. The molecule has 0 aromatic rings. The first-order valence-corrected chi connectivity index (χ1v) is 13.9. The van der Waals surface area contributed by atoms with Gasteiger partial charge in [-0.15, -0.1) is 0 Å². The summed E-state index contributed by atoms with van der Waals surface area (Å²) in [5, 5.41) is 0. The molecule has 1 aliphatic rings. The number of rotatable bonds is 5. The summed E-state index contributed by atoms with van der Waals surface area (Å²) in [6.45, 7) is 4.57. The molecular formula is C11H23O7P3S. The van der Waals surface area contributed by atoms with Crippen molar-refractivity contribution in [2.24, 2.45) is 16.7 Å². The second kappa shape index (κ2) is 5.87. The van der Waals surface area contributed by atoms with Gasteiger partial charge < -0.3 is 24.1 Å². The molecule has 7 nitrogen and oxygen atoms in total. The van der Waals surface area contributed by atoms with Crippen LogP contribution in [0.2, 0.25) is 0 Å². The van der Waals surface area contributed by atoms with E-state index < -0.39 is 20.2 Å². The molecule has 4 N–H and O–H groups in total. The highest BCUT2D eigenvalue weighted by Crippen LogP contribution is 2.94. The van der Waals surface area contributed by atoms with Gasteiger partial charge in [0.1, 0.15) is 0 Å². The van der Waals surface area contributed by atoms with Crippen LogP contribution in [0.4, 0.5) is 0 Å². The quantitative estimate of drug-likeness (QED) is 0.415. The van der Waals surface area contributed by atoms with Crippen molar-refractivity contribution in [2.75, 3.05) is 6.61 Å². The summed E-state index contributed by atoms with van der Waals surface area (Å²) in [6, 6.07) is 0. The summed E-state index contributed by atoms with van der Waals surface area (Å²) in [4.78, 5) is 37.2. The average molecular weight is 392 g/mol. The normalized spacial score (nSPS) is 29.5. The van der Waals surface area contributed by atoms with Gasteiger partial charge in [0.2, 0.25) is 0 Å². The first-order valence-electron chi connectivity index (χ1n) is 6.56. The SMILES string of the molecule is C[C@@H]1C=C(COP(O)(=S)P(=O)(O)P(=O)(O)O)C(C)(C)C1(C)C. The molecule has 130 valence electrons. The van der Waals surface area contributed by atoms with Crippen molar-refractivity contribution in [1.82, 2.24) is 0 Å². The van der Waals surface area contributed by atoms with E-state index in [0.717, 1.165) is 5.57 Å². The molecule has 1 aliphatic carbocycles. The van der Waals surface area contributed by atoms with Crippen LogP contribution in [0.5, 0.6) is 0 Å². The van der Waals surface area contributed by atoms with Gasteiger partial charge in [0.25, 0.3) is 6.18 Å². The van der Waals surface area contributed by atoms with Crippen LogP contribution < -0.4 is 0 Å². The van der Waals surface area contributed by atoms with Crippen LogP contribution in [0.25, 0.3) is 0 Å². The van der Waals surface area contributed by atoms with Crippen molar-refractivity contribution >= 4 is 32.0 Å². The van der Waals surface area contributed by atoms with Crippen LogP contribution in [-0.2, 0) is 25.5 Å². The summed E-state index contributed by atoms with van der Waals surface area (Å²) in [6.07, 6.45) is -2.61. The van der Waals surface area contributed by atoms with Gasteiger partial charge in [-0.3, -0.25) is 4.57 Å². The Kier molecular flexibility index (Phi) is 5.52. The molecule has 0 saturated heterocycles. The van der Waals surface area contributed by atoms with E-state index in [4.69, 9.17) is 14.3 Å². The van der Waals surface area contributed by atoms with Gasteiger partial charge in [-0.25, -0.2) is 4.57 Å². The van der Waals surface area contributed by atoms with Crippen LogP contribution in [0, 0.1) is 16.7 Å². The Labute approximate surface area is 135 Å². The third-order valence-electron chi connectivity index (χ3n) is 5.06. The topological polar surface area (TPSA) is 124 Å². The van der Waals surface area contributed by atoms with E-state index in [2.05, 4.69) is 25.7 Å². The number of hydrogen-bond acceptors (Lipinski definition) is 4. The fourth-order valence-electron chi connectivity index (χ4n) is 2.31. The minimum Gasteiger partial charge on any atom is -0.338 e. The monoisotopic (exact) mass is 392 g/mol. The Balaban J connectivity index is 3.01. The third kappa shape index (κ3) is 3.23. The predicted octanol–water partition coefficient (Wildman–Crippen LogP) is 3.21. The van der Waals surface area contributed by atoms with Gasteiger partial charge in [-0.05, 0) is 34.1 Å². The maximum absolute atomic E-state index is 11.8. The van der Waals surface area contributed by atoms with E-state index in [1.807, 2.05) is 26.8 Å². The molecule has 0 fully saturated rings. The molecule has 0 radical (unpaired) electrons. The van der Waals surface area contributed by atoms with Crippen LogP contribution in [0.15, 0.2) is 11.6 Å². The molecule has 0 saturated carbocycles. The van der Waals surface area contributed by atoms with E-state index in [9.17, 15) is 18.9 Å². The standard InChI is InChI=1S/C11H23O7P3S/c1-8-6-9(11(4,5)10(8,2)3)7-18-21(17,22)20(15,16)19(12,13)14/h6,8H,7H2,1-5H3,(H,15,16)(H,17,22)(H2,12,13,14)/t8-,21?/m1/s1. The summed E-state index contributed by atoms with van der Waals surface area (Å²) >= 11 is 4.54. The van der Waals surface area contributed by atoms with Crippen molar-refractivity contribution in [1.29, 1.82) is 0 Å². The van der Waals surface area contributed by atoms with E-state index in [1.54, 1.807) is 0 Å². The zero-order valence-electron chi connectivity index (χ0n) is 13.1. The lowest BCUT2D eigenvalue weighted by atomic mass is 9.64. The average Bonchev–Trinajstić information content (AvgIpc) is 2.45. The van der Waals surface area contributed by atoms with Gasteiger partial charge in [0.15, 0.2) is 0 Å². The Morgan fingerprint density at radius 3 is 1.95 bits per heavy atom. The first-order chi connectivity index (χ1) is 9.48. The van der Waals surface area contributed by atoms with Crippen molar-refractivity contribution < 1.29 is 33.2 Å². The summed E-state index contributed by atoms with van der Waals surface area (Å²) in [5.41, 5.74) is 0.359. The lowest BCUT2D eigenvalue weighted by molar-refractivity contribution is 0.122. The van der Waals surface area contributed by atoms with E-state index in [0.29, 0.717) is 0 Å². The highest BCUT2D eigenvalue weighted by atomic mass is 32.8. The highest BCUT2D eigenvalue weighted by Gasteiger charge is 2.54. The fourth-order valence-corrected chi connectivity index (χ4v) is 10.4. The zero-order valence-corrected chi connectivity index (χ0v) is 16.6. The maximum atomic E-state index is 11.8. The Morgan fingerprint density at radius 1 is 1.18 bits per heavy atom. The molecule has 22 heavy (non-hydrogen) atoms. The first kappa shape index (κ1) is 20.7. The number of hydrogen-bond donors (Lipinski definition) is 4. The molecule has 0 aliphatic heterocycles. The van der Waals surface area contributed by atoms with Crippen LogP contribution in [0.3, 0.4) is 0 Å². The second-order valence-electron chi connectivity index (χ2n) is 6.62. The van der Waals surface area contributed by atoms with Crippen LogP contribution >= 0.6 is 20.2 Å². The van der Waals surface area contributed by atoms with Crippen LogP contribution in [-0.4, -0.2) is 26.2 Å². The van der Waals surface area contributed by atoms with E-state index >= 15 is 0 Å². The molecule has 0 heterocycles. The van der Waals surface area contributed by atoms with E-state index in [-0.39, 0.29) is 23.4 Å². The fraction of sp³-hybridized carbons (Fsp3) is 0.818. The van der Waals surface area contributed by atoms with Crippen LogP contribution in [0.1, 0.15) is 34.6 Å². The molecule has 0 aromatic carbocycles. The van der Waals surface area contributed by atoms with Crippen molar-refractivity contribution in [3.8, 4) is 0 Å². The van der Waals surface area contributed by atoms with Crippen molar-refractivity contribution in [3.63, 3.8) is 0 Å². The Bertz CT molecular complexity index is 634. The third-order valence-corrected chi connectivity index (χ3v) is 18.9. The van der Waals surface area contributed by atoms with E-state index in [1.165, 1.54) is 0 Å². The molecule has 11 heteroatoms. The van der Waals surface area contributed by atoms with Crippen molar-refractivity contribution in [2.45, 2.75) is 34.6 Å². The molecule has 0 bridgehead atoms. The Morgan fingerprint density at radius 2 is 1.64 bits per heavy atom. The summed E-state index contributed by atoms with van der Waals surface area (Å²) in [5.74, 6) is 0.209. The van der Waals surface area contributed by atoms with Gasteiger partial charge in [-0.1, -0.05) is 40.7 Å². The maximum Gasteiger partial charge on any atom is 0.416 e. The molecule has 0 spiro atoms. The highest BCUT2D eigenvalue weighted by molar-refractivity contribution is 8.69. The molecule has 0 amide bonds. The summed E-state index contributed by atoms with van der Waals surface area (Å²) in [7, 11) is -5.46. The number of allylic oxidation sites excluding steroid dienone is 1. The minimum absolute atomic E-state index is 0.101. The molecular weight excluding hydrogens is 369 g/mol. The van der Waals surface area contributed by atoms with Crippen molar-refractivity contribution in [3.05, 3.63) is 11.6 Å². The molecule has 2 unspecified atom stereocenters. The lowest BCUT2D eigenvalue weighted by Crippen LogP contribution is -2.34. The van der Waals surface area contributed by atoms with Gasteiger partial charge in [-0.2, -0.15) is 0 Å². The largest absolute Gasteiger partial charge is 0.416 e. The predicted molar refractivity (Wildman–Crippen MR) is 89.1 cm³/mol. The molecule has 1 rings (SSSR count). The zero-order chi connectivity index (χ0) is 17.8. The minimum atomic E-state index is -5.46. The molecule has 3 atom stereocenters. The Hall–Kier alpha value is 0.650. The lowest BCUT2D eigenvalue weighted by Gasteiger charge is -2.40. The van der Waals surface area contributed by atoms with Gasteiger partial charge in [0.05, 0.1) is 6.61 Å². The smallest absolute Gasteiger partial charge is 0.338 e.